The average Bonchev–Trinajstić information content (AvgIpc) is 2.84. The molecule has 0 saturated carbocycles. The molecule has 0 saturated heterocycles. The monoisotopic (exact) mass is 560 g/mol. The van der Waals surface area contributed by atoms with Gasteiger partial charge in [-0.2, -0.15) is 12.6 Å². The van der Waals surface area contributed by atoms with Crippen LogP contribution in [0.15, 0.2) is 54.4 Å². The van der Waals surface area contributed by atoms with Gasteiger partial charge in [-0.3, -0.25) is 9.78 Å². The van der Waals surface area contributed by atoms with Crippen molar-refractivity contribution in [3.8, 4) is 11.5 Å². The van der Waals surface area contributed by atoms with Crippen molar-refractivity contribution < 1.29 is 37.9 Å². The number of carbonyl (C=O) groups is 1. The number of hydrogen-bond donors (Lipinski definition) is 4. The third-order valence-electron chi connectivity index (χ3n) is 4.49. The normalized spacial score (nSPS) is 12.7. The fourth-order valence-corrected chi connectivity index (χ4v) is 3.49. The lowest BCUT2D eigenvalue weighted by Gasteiger charge is -2.22. The Hall–Kier alpha value is -2.53. The molecule has 1 amide bonds. The van der Waals surface area contributed by atoms with Gasteiger partial charge in [0.15, 0.2) is 18.3 Å². The molecule has 3 N–H and O–H groups in total. The van der Waals surface area contributed by atoms with E-state index in [0.717, 1.165) is 0 Å². The number of aromatic nitrogens is 1. The first-order chi connectivity index (χ1) is 17.1. The second-order valence-electron chi connectivity index (χ2n) is 6.90. The summed E-state index contributed by atoms with van der Waals surface area (Å²) < 4.78 is 31.2. The van der Waals surface area contributed by atoms with Gasteiger partial charge in [0.05, 0.1) is 31.6 Å². The first-order valence-electron chi connectivity index (χ1n) is 10.3. The standard InChI is InChI=1S/C22H26ClN2O8P.CH4S/c1-14-18(6-5-9-24-14)19(23)10-17(12-32-13-33-34(27,28)29)22(25-15(2)26)16-7-8-20(30-3)21(11-16)31-4;1-2/h5-12,22H,13H2,1-4H3,(H,25,26)(H2,27,28,29);2H,1H3/b17-12-,19-10+;. The van der Waals surface area contributed by atoms with Crippen LogP contribution in [-0.4, -0.2) is 47.9 Å². The highest BCUT2D eigenvalue weighted by molar-refractivity contribution is 7.79. The minimum absolute atomic E-state index is 0.298. The largest absolute Gasteiger partial charge is 0.493 e. The van der Waals surface area contributed by atoms with Crippen LogP contribution in [0.4, 0.5) is 0 Å². The minimum Gasteiger partial charge on any atom is -0.493 e. The molecule has 1 unspecified atom stereocenters. The number of aryl methyl sites for hydroxylation is 1. The Morgan fingerprint density at radius 3 is 2.44 bits per heavy atom. The van der Waals surface area contributed by atoms with E-state index < -0.39 is 20.7 Å². The van der Waals surface area contributed by atoms with Crippen molar-refractivity contribution in [2.75, 3.05) is 27.3 Å². The van der Waals surface area contributed by atoms with Crippen LogP contribution in [0.25, 0.3) is 5.03 Å². The molecule has 36 heavy (non-hydrogen) atoms. The third-order valence-corrected chi connectivity index (χ3v) is 5.24. The van der Waals surface area contributed by atoms with Crippen molar-refractivity contribution >= 4 is 43.0 Å². The topological polar surface area (TPSA) is 136 Å². The molecule has 0 aliphatic carbocycles. The van der Waals surface area contributed by atoms with Crippen LogP contribution in [0.3, 0.4) is 0 Å². The van der Waals surface area contributed by atoms with Gasteiger partial charge in [0.2, 0.25) is 5.91 Å². The number of hydrogen-bond acceptors (Lipinski definition) is 8. The number of phosphoric ester groups is 1. The molecule has 0 bridgehead atoms. The summed E-state index contributed by atoms with van der Waals surface area (Å²) in [5.41, 5.74) is 2.28. The zero-order chi connectivity index (χ0) is 27.3. The highest BCUT2D eigenvalue weighted by atomic mass is 35.5. The molecule has 1 heterocycles. The molecule has 0 aliphatic rings. The number of thiol groups is 1. The summed E-state index contributed by atoms with van der Waals surface area (Å²) in [6.45, 7) is 2.41. The molecule has 1 atom stereocenters. The zero-order valence-corrected chi connectivity index (χ0v) is 23.0. The van der Waals surface area contributed by atoms with E-state index in [1.54, 1.807) is 55.8 Å². The Labute approximate surface area is 220 Å². The lowest BCUT2D eigenvalue weighted by Crippen LogP contribution is -2.27. The van der Waals surface area contributed by atoms with Crippen LogP contribution in [0.1, 0.15) is 29.8 Å². The summed E-state index contributed by atoms with van der Waals surface area (Å²) in [5.74, 6) is 0.571. The number of carbonyl (C=O) groups excluding carboxylic acids is 1. The summed E-state index contributed by atoms with van der Waals surface area (Å²) in [6, 6.07) is 7.80. The quantitative estimate of drug-likeness (QED) is 0.0788. The summed E-state index contributed by atoms with van der Waals surface area (Å²) >= 11 is 10.1. The summed E-state index contributed by atoms with van der Waals surface area (Å²) in [7, 11) is -1.75. The number of halogens is 1. The van der Waals surface area contributed by atoms with Crippen molar-refractivity contribution in [3.05, 3.63) is 71.3 Å². The lowest BCUT2D eigenvalue weighted by atomic mass is 9.97. The van der Waals surface area contributed by atoms with Gasteiger partial charge in [-0.1, -0.05) is 23.7 Å². The molecule has 1 aromatic heterocycles. The van der Waals surface area contributed by atoms with E-state index in [1.165, 1.54) is 27.4 Å². The van der Waals surface area contributed by atoms with E-state index in [9.17, 15) is 9.36 Å². The molecule has 2 rings (SSSR count). The fourth-order valence-electron chi connectivity index (χ4n) is 2.97. The summed E-state index contributed by atoms with van der Waals surface area (Å²) in [6.07, 6.45) is 6.08. The fraction of sp³-hybridized carbons (Fsp3) is 0.304. The summed E-state index contributed by atoms with van der Waals surface area (Å²) in [5, 5.41) is 3.12. The van der Waals surface area contributed by atoms with Gasteiger partial charge >= 0.3 is 7.82 Å². The second kappa shape index (κ2) is 15.6. The third kappa shape index (κ3) is 10.2. The van der Waals surface area contributed by atoms with Gasteiger partial charge in [0.1, 0.15) is 0 Å². The molecular weight excluding hydrogens is 531 g/mol. The number of phosphoric acid groups is 1. The predicted molar refractivity (Wildman–Crippen MR) is 141 cm³/mol. The number of benzene rings is 1. The van der Waals surface area contributed by atoms with Crippen LogP contribution < -0.4 is 14.8 Å². The van der Waals surface area contributed by atoms with Crippen molar-refractivity contribution in [2.24, 2.45) is 0 Å². The zero-order valence-electron chi connectivity index (χ0n) is 20.5. The maximum atomic E-state index is 12.1. The first-order valence-corrected chi connectivity index (χ1v) is 13.1. The molecule has 198 valence electrons. The molecular formula is C23H30ClN2O8PS. The highest BCUT2D eigenvalue weighted by Gasteiger charge is 2.21. The van der Waals surface area contributed by atoms with Crippen LogP contribution in [0.2, 0.25) is 0 Å². The van der Waals surface area contributed by atoms with Gasteiger partial charge in [0.25, 0.3) is 0 Å². The highest BCUT2D eigenvalue weighted by Crippen LogP contribution is 2.36. The van der Waals surface area contributed by atoms with Crippen molar-refractivity contribution in [2.45, 2.75) is 19.9 Å². The lowest BCUT2D eigenvalue weighted by molar-refractivity contribution is -0.119. The molecule has 13 heteroatoms. The van der Waals surface area contributed by atoms with E-state index in [2.05, 4.69) is 27.5 Å². The smallest absolute Gasteiger partial charge is 0.472 e. The molecule has 0 fully saturated rings. The second-order valence-corrected chi connectivity index (χ2v) is 8.55. The predicted octanol–water partition coefficient (Wildman–Crippen LogP) is 4.38. The number of ether oxygens (including phenoxy) is 3. The molecule has 0 aliphatic heterocycles. The number of pyridine rings is 1. The maximum Gasteiger partial charge on any atom is 0.472 e. The summed E-state index contributed by atoms with van der Waals surface area (Å²) in [4.78, 5) is 34.0. The Balaban J connectivity index is 0.00000316. The van der Waals surface area contributed by atoms with E-state index in [4.69, 9.17) is 35.6 Å². The van der Waals surface area contributed by atoms with Gasteiger partial charge in [-0.05, 0) is 43.0 Å². The van der Waals surface area contributed by atoms with Crippen molar-refractivity contribution in [1.29, 1.82) is 0 Å². The van der Waals surface area contributed by atoms with Crippen LogP contribution in [-0.2, 0) is 18.6 Å². The first kappa shape index (κ1) is 31.5. The molecule has 10 nitrogen and oxygen atoms in total. The van der Waals surface area contributed by atoms with Gasteiger partial charge in [-0.25, -0.2) is 9.09 Å². The van der Waals surface area contributed by atoms with Crippen LogP contribution in [0.5, 0.6) is 11.5 Å². The molecule has 0 radical (unpaired) electrons. The van der Waals surface area contributed by atoms with E-state index in [-0.39, 0.29) is 5.91 Å². The van der Waals surface area contributed by atoms with Crippen molar-refractivity contribution in [3.63, 3.8) is 0 Å². The van der Waals surface area contributed by atoms with Gasteiger partial charge < -0.3 is 29.3 Å². The van der Waals surface area contributed by atoms with Crippen molar-refractivity contribution in [1.82, 2.24) is 10.3 Å². The number of amides is 1. The SMILES string of the molecule is COc1ccc(C(NC(C)=O)C(=C\OCOP(=O)(O)O)/C=C(/Cl)c2cccnc2C)cc1OC.CS. The van der Waals surface area contributed by atoms with Gasteiger partial charge in [0, 0.05) is 30.0 Å². The Morgan fingerprint density at radius 2 is 1.89 bits per heavy atom. The molecule has 0 spiro atoms. The number of nitrogens with one attached hydrogen (secondary N) is 1. The van der Waals surface area contributed by atoms with E-state index in [1.807, 2.05) is 0 Å². The number of nitrogens with zero attached hydrogens (tertiary/aromatic N) is 1. The molecule has 2 aromatic rings. The average molecular weight is 561 g/mol. The van der Waals surface area contributed by atoms with Crippen LogP contribution in [0, 0.1) is 6.92 Å². The Bertz CT molecular complexity index is 1120. The number of methoxy groups -OCH3 is 2. The van der Waals surface area contributed by atoms with E-state index >= 15 is 0 Å². The maximum absolute atomic E-state index is 12.1. The van der Waals surface area contributed by atoms with Gasteiger partial charge in [-0.15, -0.1) is 0 Å². The molecule has 1 aromatic carbocycles. The van der Waals surface area contributed by atoms with E-state index in [0.29, 0.717) is 38.9 Å². The number of rotatable bonds is 11. The Morgan fingerprint density at radius 1 is 1.22 bits per heavy atom. The van der Waals surface area contributed by atoms with Crippen LogP contribution >= 0.6 is 32.1 Å². The minimum atomic E-state index is -4.74. The Kier molecular flexibility index (Phi) is 13.6.